The number of alkyl halides is 3. The summed E-state index contributed by atoms with van der Waals surface area (Å²) >= 11 is 0.601. The molecule has 0 bridgehead atoms. The highest BCUT2D eigenvalue weighted by Crippen LogP contribution is 2.36. The van der Waals surface area contributed by atoms with Crippen LogP contribution in [0.5, 0.6) is 0 Å². The van der Waals surface area contributed by atoms with Crippen molar-refractivity contribution in [2.75, 3.05) is 6.61 Å². The maximum Gasteiger partial charge on any atom is 0.443 e. The van der Waals surface area contributed by atoms with Gasteiger partial charge in [-0.25, -0.2) is 10.4 Å². The van der Waals surface area contributed by atoms with Crippen molar-refractivity contribution in [2.45, 2.75) is 31.2 Å². The smallest absolute Gasteiger partial charge is 0.376 e. The van der Waals surface area contributed by atoms with E-state index >= 15 is 0 Å². The van der Waals surface area contributed by atoms with Gasteiger partial charge in [-0.1, -0.05) is 0 Å². The summed E-state index contributed by atoms with van der Waals surface area (Å²) in [6.45, 7) is 0.619. The summed E-state index contributed by atoms with van der Waals surface area (Å²) < 4.78 is 42.6. The van der Waals surface area contributed by atoms with E-state index < -0.39 is 17.2 Å². The van der Waals surface area contributed by atoms with Gasteiger partial charge in [0.25, 0.3) is 0 Å². The standard InChI is InChI=1S/C9H12F3N3OS/c10-9(11,12)8-14-4-6(17-8)7(15-13)5-2-1-3-16-5/h4-5,7,15H,1-3,13H2. The molecule has 1 fully saturated rings. The number of hydrazine groups is 1. The normalized spacial score (nSPS) is 22.9. The molecule has 0 radical (unpaired) electrons. The van der Waals surface area contributed by atoms with Gasteiger partial charge < -0.3 is 4.74 Å². The van der Waals surface area contributed by atoms with Gasteiger partial charge in [-0.2, -0.15) is 13.2 Å². The van der Waals surface area contributed by atoms with E-state index in [1.807, 2.05) is 0 Å². The van der Waals surface area contributed by atoms with Crippen molar-refractivity contribution < 1.29 is 17.9 Å². The lowest BCUT2D eigenvalue weighted by molar-refractivity contribution is -0.137. The average Bonchev–Trinajstić information content (AvgIpc) is 2.87. The van der Waals surface area contributed by atoms with E-state index in [9.17, 15) is 13.2 Å². The van der Waals surface area contributed by atoms with Gasteiger partial charge in [-0.3, -0.25) is 5.84 Å². The maximum atomic E-state index is 12.4. The van der Waals surface area contributed by atoms with Crippen LogP contribution < -0.4 is 11.3 Å². The SMILES string of the molecule is NNC(c1cnc(C(F)(F)F)s1)C1CCCO1. The molecule has 1 aromatic heterocycles. The van der Waals surface area contributed by atoms with Gasteiger partial charge in [-0.15, -0.1) is 11.3 Å². The first-order valence-electron chi connectivity index (χ1n) is 5.13. The first-order chi connectivity index (χ1) is 8.02. The minimum absolute atomic E-state index is 0.179. The van der Waals surface area contributed by atoms with Crippen LogP contribution in [0.1, 0.15) is 28.8 Å². The van der Waals surface area contributed by atoms with Crippen LogP contribution in [0.2, 0.25) is 0 Å². The lowest BCUT2D eigenvalue weighted by atomic mass is 10.1. The molecule has 0 amide bonds. The number of halogens is 3. The van der Waals surface area contributed by atoms with Crippen molar-refractivity contribution in [2.24, 2.45) is 5.84 Å². The third kappa shape index (κ3) is 2.76. The Kier molecular flexibility index (Phi) is 3.67. The maximum absolute atomic E-state index is 12.4. The van der Waals surface area contributed by atoms with Crippen LogP contribution in [0.15, 0.2) is 6.20 Å². The fourth-order valence-electron chi connectivity index (χ4n) is 1.80. The number of hydrogen-bond acceptors (Lipinski definition) is 5. The lowest BCUT2D eigenvalue weighted by Crippen LogP contribution is -2.35. The predicted octanol–water partition coefficient (Wildman–Crippen LogP) is 1.85. The second kappa shape index (κ2) is 4.89. The molecule has 0 saturated carbocycles. The molecule has 0 aliphatic carbocycles. The molecule has 2 unspecified atom stereocenters. The molecular weight excluding hydrogens is 255 g/mol. The summed E-state index contributed by atoms with van der Waals surface area (Å²) in [4.78, 5) is 3.82. The van der Waals surface area contributed by atoms with Crippen molar-refractivity contribution >= 4 is 11.3 Å². The van der Waals surface area contributed by atoms with Gasteiger partial charge in [-0.05, 0) is 12.8 Å². The van der Waals surface area contributed by atoms with Crippen LogP contribution in [0.3, 0.4) is 0 Å². The molecular formula is C9H12F3N3OS. The van der Waals surface area contributed by atoms with Crippen LogP contribution in [0.25, 0.3) is 0 Å². The number of aromatic nitrogens is 1. The van der Waals surface area contributed by atoms with Crippen molar-refractivity contribution in [3.05, 3.63) is 16.1 Å². The number of thiazole rings is 1. The molecule has 96 valence electrons. The largest absolute Gasteiger partial charge is 0.443 e. The Balaban J connectivity index is 2.17. The first kappa shape index (κ1) is 12.7. The number of nitrogens with two attached hydrogens (primary N) is 1. The Morgan fingerprint density at radius 2 is 2.35 bits per heavy atom. The monoisotopic (exact) mass is 267 g/mol. The fourth-order valence-corrected chi connectivity index (χ4v) is 2.70. The second-order valence-corrected chi connectivity index (χ2v) is 4.82. The molecule has 1 aromatic rings. The van der Waals surface area contributed by atoms with Crippen LogP contribution in [-0.2, 0) is 10.9 Å². The molecule has 1 aliphatic rings. The quantitative estimate of drug-likeness (QED) is 0.648. The second-order valence-electron chi connectivity index (χ2n) is 3.76. The summed E-state index contributed by atoms with van der Waals surface area (Å²) in [5, 5.41) is -0.856. The Morgan fingerprint density at radius 3 is 2.82 bits per heavy atom. The molecule has 1 saturated heterocycles. The van der Waals surface area contributed by atoms with Crippen LogP contribution in [-0.4, -0.2) is 17.7 Å². The fraction of sp³-hybridized carbons (Fsp3) is 0.667. The summed E-state index contributed by atoms with van der Waals surface area (Å²) in [5.74, 6) is 5.37. The highest BCUT2D eigenvalue weighted by atomic mass is 32.1. The zero-order valence-corrected chi connectivity index (χ0v) is 9.64. The van der Waals surface area contributed by atoms with E-state index in [0.717, 1.165) is 12.8 Å². The molecule has 2 rings (SSSR count). The van der Waals surface area contributed by atoms with E-state index in [0.29, 0.717) is 22.8 Å². The molecule has 0 spiro atoms. The molecule has 2 heterocycles. The number of nitrogens with zero attached hydrogens (tertiary/aromatic N) is 1. The van der Waals surface area contributed by atoms with Crippen molar-refractivity contribution in [3.63, 3.8) is 0 Å². The van der Waals surface area contributed by atoms with Crippen LogP contribution in [0, 0.1) is 0 Å². The third-order valence-corrected chi connectivity index (χ3v) is 3.71. The number of rotatable bonds is 3. The van der Waals surface area contributed by atoms with Gasteiger partial charge in [0.2, 0.25) is 0 Å². The molecule has 2 atom stereocenters. The Morgan fingerprint density at radius 1 is 1.59 bits per heavy atom. The van der Waals surface area contributed by atoms with Gasteiger partial charge in [0.05, 0.1) is 12.1 Å². The van der Waals surface area contributed by atoms with E-state index in [1.165, 1.54) is 6.20 Å². The van der Waals surface area contributed by atoms with Crippen molar-refractivity contribution in [3.8, 4) is 0 Å². The topological polar surface area (TPSA) is 60.2 Å². The summed E-state index contributed by atoms with van der Waals surface area (Å²) in [6, 6.07) is -0.425. The van der Waals surface area contributed by atoms with Crippen molar-refractivity contribution in [1.29, 1.82) is 0 Å². The van der Waals surface area contributed by atoms with Crippen LogP contribution in [0.4, 0.5) is 13.2 Å². The van der Waals surface area contributed by atoms with Gasteiger partial charge in [0.1, 0.15) is 0 Å². The van der Waals surface area contributed by atoms with Crippen molar-refractivity contribution in [1.82, 2.24) is 10.4 Å². The van der Waals surface area contributed by atoms with E-state index in [4.69, 9.17) is 10.6 Å². The van der Waals surface area contributed by atoms with E-state index in [1.54, 1.807) is 0 Å². The average molecular weight is 267 g/mol. The number of ether oxygens (including phenoxy) is 1. The number of hydrogen-bond donors (Lipinski definition) is 2. The van der Waals surface area contributed by atoms with E-state index in [2.05, 4.69) is 10.4 Å². The van der Waals surface area contributed by atoms with Crippen LogP contribution >= 0.6 is 11.3 Å². The third-order valence-electron chi connectivity index (χ3n) is 2.59. The minimum Gasteiger partial charge on any atom is -0.376 e. The summed E-state index contributed by atoms with van der Waals surface area (Å²) in [5.41, 5.74) is 2.50. The molecule has 0 aromatic carbocycles. The first-order valence-corrected chi connectivity index (χ1v) is 5.94. The Bertz CT molecular complexity index is 376. The molecule has 4 nitrogen and oxygen atoms in total. The van der Waals surface area contributed by atoms with Gasteiger partial charge in [0, 0.05) is 17.7 Å². The number of nitrogens with one attached hydrogen (secondary N) is 1. The molecule has 17 heavy (non-hydrogen) atoms. The molecule has 1 aliphatic heterocycles. The highest BCUT2D eigenvalue weighted by Gasteiger charge is 2.36. The summed E-state index contributed by atoms with van der Waals surface area (Å²) in [7, 11) is 0. The Hall–Kier alpha value is -0.700. The Labute approximate surface area is 99.9 Å². The minimum atomic E-state index is -4.40. The highest BCUT2D eigenvalue weighted by molar-refractivity contribution is 7.11. The predicted molar refractivity (Wildman–Crippen MR) is 56.2 cm³/mol. The molecule has 3 N–H and O–H groups in total. The zero-order chi connectivity index (χ0) is 12.5. The molecule has 8 heteroatoms. The summed E-state index contributed by atoms with van der Waals surface area (Å²) in [6.07, 6.45) is -1.69. The zero-order valence-electron chi connectivity index (χ0n) is 8.83. The van der Waals surface area contributed by atoms with Gasteiger partial charge >= 0.3 is 6.18 Å². The van der Waals surface area contributed by atoms with E-state index in [-0.39, 0.29) is 6.10 Å². The lowest BCUT2D eigenvalue weighted by Gasteiger charge is -2.20. The van der Waals surface area contributed by atoms with Gasteiger partial charge in [0.15, 0.2) is 5.01 Å².